The first kappa shape index (κ1) is 19.3. The molecule has 2 heterocycles. The Balaban J connectivity index is 1.57. The number of nitrogens with one attached hydrogen (secondary N) is 3. The van der Waals surface area contributed by atoms with Gasteiger partial charge in [0.05, 0.1) is 0 Å². The Hall–Kier alpha value is -3.48. The van der Waals surface area contributed by atoms with Crippen LogP contribution in [0.25, 0.3) is 11.4 Å². The van der Waals surface area contributed by atoms with E-state index in [1.54, 1.807) is 6.20 Å². The summed E-state index contributed by atoms with van der Waals surface area (Å²) in [7, 11) is 0. The van der Waals surface area contributed by atoms with Crippen molar-refractivity contribution in [2.45, 2.75) is 26.7 Å². The average molecular weight is 377 g/mol. The topological polar surface area (TPSA) is 99.8 Å². The van der Waals surface area contributed by atoms with E-state index in [1.807, 2.05) is 43.3 Å². The molecule has 144 valence electrons. The van der Waals surface area contributed by atoms with Gasteiger partial charge in [-0.1, -0.05) is 19.1 Å². The minimum absolute atomic E-state index is 0.0790. The number of amides is 1. The van der Waals surface area contributed by atoms with Gasteiger partial charge in [0.1, 0.15) is 11.6 Å². The van der Waals surface area contributed by atoms with E-state index in [9.17, 15) is 9.59 Å². The Labute approximate surface area is 163 Å². The summed E-state index contributed by atoms with van der Waals surface area (Å²) in [5, 5.41) is 6.03. The summed E-state index contributed by atoms with van der Waals surface area (Å²) in [6, 6.07) is 13.0. The molecule has 0 aliphatic heterocycles. The van der Waals surface area contributed by atoms with Crippen LogP contribution < -0.4 is 16.2 Å². The molecule has 0 radical (unpaired) electrons. The Bertz CT molecular complexity index is 995. The molecule has 0 atom stereocenters. The first-order valence-electron chi connectivity index (χ1n) is 9.20. The van der Waals surface area contributed by atoms with Gasteiger partial charge < -0.3 is 15.6 Å². The van der Waals surface area contributed by atoms with Crippen LogP contribution >= 0.6 is 0 Å². The molecule has 0 aliphatic carbocycles. The van der Waals surface area contributed by atoms with E-state index in [0.717, 1.165) is 41.3 Å². The minimum Gasteiger partial charge on any atom is -0.370 e. The van der Waals surface area contributed by atoms with Crippen LogP contribution in [0.3, 0.4) is 0 Å². The summed E-state index contributed by atoms with van der Waals surface area (Å²) in [6.45, 7) is 4.18. The Morgan fingerprint density at radius 2 is 1.93 bits per heavy atom. The Morgan fingerprint density at radius 3 is 2.57 bits per heavy atom. The zero-order valence-electron chi connectivity index (χ0n) is 16.0. The van der Waals surface area contributed by atoms with E-state index in [2.05, 4.69) is 25.6 Å². The van der Waals surface area contributed by atoms with Crippen molar-refractivity contribution in [3.05, 3.63) is 70.3 Å². The van der Waals surface area contributed by atoms with Crippen molar-refractivity contribution in [3.8, 4) is 11.4 Å². The van der Waals surface area contributed by atoms with Gasteiger partial charge in [0.2, 0.25) is 5.91 Å². The molecule has 0 spiro atoms. The van der Waals surface area contributed by atoms with Crippen LogP contribution in [0, 0.1) is 0 Å². The fourth-order valence-corrected chi connectivity index (χ4v) is 2.76. The van der Waals surface area contributed by atoms with E-state index in [0.29, 0.717) is 12.2 Å². The second-order valence-electron chi connectivity index (χ2n) is 6.43. The highest BCUT2D eigenvalue weighted by molar-refractivity contribution is 5.88. The number of hydrogen-bond acceptors (Lipinski definition) is 5. The van der Waals surface area contributed by atoms with Gasteiger partial charge in [0.25, 0.3) is 5.56 Å². The highest BCUT2D eigenvalue weighted by Crippen LogP contribution is 2.15. The number of carbonyl (C=O) groups excluding carboxylic acids is 1. The molecule has 0 unspecified atom stereocenters. The van der Waals surface area contributed by atoms with E-state index in [4.69, 9.17) is 0 Å². The number of pyridine rings is 1. The van der Waals surface area contributed by atoms with Gasteiger partial charge in [0, 0.05) is 42.7 Å². The van der Waals surface area contributed by atoms with Gasteiger partial charge in [-0.25, -0.2) is 9.97 Å². The zero-order chi connectivity index (χ0) is 19.9. The number of aromatic amines is 1. The predicted molar refractivity (Wildman–Crippen MR) is 110 cm³/mol. The van der Waals surface area contributed by atoms with Crippen LogP contribution in [-0.4, -0.2) is 27.4 Å². The predicted octanol–water partition coefficient (Wildman–Crippen LogP) is 3.01. The Morgan fingerprint density at radius 1 is 1.14 bits per heavy atom. The van der Waals surface area contributed by atoms with Crippen LogP contribution in [-0.2, 0) is 17.6 Å². The maximum Gasteiger partial charge on any atom is 0.251 e. The van der Waals surface area contributed by atoms with E-state index >= 15 is 0 Å². The third-order valence-corrected chi connectivity index (χ3v) is 4.19. The molecular weight excluding hydrogens is 354 g/mol. The number of aromatic nitrogens is 3. The molecule has 0 aliphatic rings. The smallest absolute Gasteiger partial charge is 0.251 e. The number of anilines is 2. The summed E-state index contributed by atoms with van der Waals surface area (Å²) in [6.07, 6.45) is 3.23. The fourth-order valence-electron chi connectivity index (χ4n) is 2.76. The summed E-state index contributed by atoms with van der Waals surface area (Å²) in [5.74, 6) is 1.21. The first-order chi connectivity index (χ1) is 13.5. The highest BCUT2D eigenvalue weighted by atomic mass is 16.1. The van der Waals surface area contributed by atoms with Crippen molar-refractivity contribution >= 4 is 17.4 Å². The largest absolute Gasteiger partial charge is 0.370 e. The van der Waals surface area contributed by atoms with Crippen molar-refractivity contribution in [1.29, 1.82) is 0 Å². The van der Waals surface area contributed by atoms with E-state index in [-0.39, 0.29) is 11.5 Å². The van der Waals surface area contributed by atoms with Crippen molar-refractivity contribution in [2.24, 2.45) is 0 Å². The van der Waals surface area contributed by atoms with Gasteiger partial charge in [-0.05, 0) is 42.7 Å². The van der Waals surface area contributed by atoms with E-state index in [1.165, 1.54) is 13.0 Å². The van der Waals surface area contributed by atoms with Gasteiger partial charge in [-0.15, -0.1) is 0 Å². The van der Waals surface area contributed by atoms with Crippen LogP contribution in [0.15, 0.2) is 53.5 Å². The lowest BCUT2D eigenvalue weighted by atomic mass is 10.1. The van der Waals surface area contributed by atoms with Crippen LogP contribution in [0.1, 0.15) is 25.1 Å². The maximum absolute atomic E-state index is 11.7. The molecule has 2 aromatic heterocycles. The summed E-state index contributed by atoms with van der Waals surface area (Å²) < 4.78 is 0. The van der Waals surface area contributed by atoms with Crippen molar-refractivity contribution in [3.63, 3.8) is 0 Å². The number of aryl methyl sites for hydroxylation is 1. The lowest BCUT2D eigenvalue weighted by Gasteiger charge is -2.08. The molecule has 1 amide bonds. The number of hydrogen-bond donors (Lipinski definition) is 3. The summed E-state index contributed by atoms with van der Waals surface area (Å²) >= 11 is 0. The molecule has 3 aromatic rings. The molecule has 28 heavy (non-hydrogen) atoms. The maximum atomic E-state index is 11.7. The Kier molecular flexibility index (Phi) is 6.16. The third-order valence-electron chi connectivity index (χ3n) is 4.19. The van der Waals surface area contributed by atoms with Crippen molar-refractivity contribution < 1.29 is 4.79 Å². The second-order valence-corrected chi connectivity index (χ2v) is 6.43. The van der Waals surface area contributed by atoms with Gasteiger partial charge >= 0.3 is 0 Å². The van der Waals surface area contributed by atoms with Gasteiger partial charge in [-0.2, -0.15) is 0 Å². The molecule has 3 N–H and O–H groups in total. The normalized spacial score (nSPS) is 10.5. The molecule has 0 saturated heterocycles. The molecule has 0 fully saturated rings. The van der Waals surface area contributed by atoms with Gasteiger partial charge in [-0.3, -0.25) is 9.59 Å². The highest BCUT2D eigenvalue weighted by Gasteiger charge is 2.04. The summed E-state index contributed by atoms with van der Waals surface area (Å²) in [5.41, 5.74) is 3.32. The lowest BCUT2D eigenvalue weighted by Crippen LogP contribution is -2.10. The number of H-pyrrole nitrogens is 1. The van der Waals surface area contributed by atoms with Crippen LogP contribution in [0.4, 0.5) is 11.5 Å². The molecule has 7 heteroatoms. The molecule has 0 saturated carbocycles. The molecule has 3 rings (SSSR count). The van der Waals surface area contributed by atoms with Crippen LogP contribution in [0.5, 0.6) is 0 Å². The lowest BCUT2D eigenvalue weighted by molar-refractivity contribution is -0.114. The van der Waals surface area contributed by atoms with Crippen molar-refractivity contribution in [1.82, 2.24) is 15.0 Å². The minimum atomic E-state index is -0.159. The molecule has 7 nitrogen and oxygen atoms in total. The fraction of sp³-hybridized carbons (Fsp3) is 0.238. The van der Waals surface area contributed by atoms with Gasteiger partial charge in [0.15, 0.2) is 0 Å². The third kappa shape index (κ3) is 5.26. The quantitative estimate of drug-likeness (QED) is 0.588. The number of nitrogens with zero attached hydrogens (tertiary/aromatic N) is 2. The number of rotatable bonds is 7. The molecule has 0 bridgehead atoms. The second kappa shape index (κ2) is 8.94. The number of carbonyl (C=O) groups is 1. The molecule has 1 aromatic carbocycles. The van der Waals surface area contributed by atoms with Crippen molar-refractivity contribution in [2.75, 3.05) is 17.2 Å². The average Bonchev–Trinajstić information content (AvgIpc) is 2.69. The SMILES string of the molecule is CCc1cc(=O)[nH]c(-c2ccc(NCCc3ccc(NC(C)=O)cc3)nc2)n1. The number of benzene rings is 1. The monoisotopic (exact) mass is 377 g/mol. The van der Waals surface area contributed by atoms with E-state index < -0.39 is 0 Å². The standard InChI is InChI=1S/C21H23N5O2/c1-3-17-12-20(28)26-21(25-17)16-6-9-19(23-13-16)22-11-10-15-4-7-18(8-5-15)24-14(2)27/h4-9,12-13H,3,10-11H2,1-2H3,(H,22,23)(H,24,27)(H,25,26,28). The zero-order valence-corrected chi connectivity index (χ0v) is 16.0. The molecular formula is C21H23N5O2. The summed E-state index contributed by atoms with van der Waals surface area (Å²) in [4.78, 5) is 34.3. The first-order valence-corrected chi connectivity index (χ1v) is 9.20. The van der Waals surface area contributed by atoms with Crippen LogP contribution in [0.2, 0.25) is 0 Å².